The Bertz CT molecular complexity index is 1560. The number of carbonyl (C=O) groups excluding carboxylic acids is 1. The minimum Gasteiger partial charge on any atom is -0.379 e. The second kappa shape index (κ2) is 11.9. The van der Waals surface area contributed by atoms with Crippen LogP contribution in [0.1, 0.15) is 11.1 Å². The lowest BCUT2D eigenvalue weighted by Crippen LogP contribution is -2.41. The summed E-state index contributed by atoms with van der Waals surface area (Å²) in [6.45, 7) is 6.68. The van der Waals surface area contributed by atoms with Crippen molar-refractivity contribution < 1.29 is 22.7 Å². The van der Waals surface area contributed by atoms with E-state index in [9.17, 15) is 18.0 Å². The van der Waals surface area contributed by atoms with E-state index in [0.29, 0.717) is 33.9 Å². The van der Waals surface area contributed by atoms with Crippen molar-refractivity contribution in [3.05, 3.63) is 58.7 Å². The van der Waals surface area contributed by atoms with Gasteiger partial charge in [-0.15, -0.1) is 0 Å². The van der Waals surface area contributed by atoms with Crippen molar-refractivity contribution in [3.8, 4) is 11.3 Å². The van der Waals surface area contributed by atoms with Gasteiger partial charge in [-0.3, -0.25) is 10.00 Å². The Hall–Kier alpha value is -3.94. The number of aromatic amines is 1. The van der Waals surface area contributed by atoms with Crippen molar-refractivity contribution in [2.24, 2.45) is 0 Å². The molecule has 41 heavy (non-hydrogen) atoms. The predicted molar refractivity (Wildman–Crippen MR) is 151 cm³/mol. The van der Waals surface area contributed by atoms with E-state index in [-0.39, 0.29) is 0 Å². The number of rotatable bonds is 7. The molecule has 216 valence electrons. The molecule has 1 saturated heterocycles. The number of halogens is 4. The molecular weight excluding hydrogens is 561 g/mol. The van der Waals surface area contributed by atoms with Crippen LogP contribution in [0.2, 0.25) is 5.02 Å². The third-order valence-corrected chi connectivity index (χ3v) is 7.13. The lowest BCUT2D eigenvalue weighted by molar-refractivity contribution is -0.136. The highest BCUT2D eigenvalue weighted by molar-refractivity contribution is 6.32. The average Bonchev–Trinajstić information content (AvgIpc) is 3.34. The molecule has 1 aliphatic rings. The third-order valence-electron chi connectivity index (χ3n) is 6.81. The Morgan fingerprint density at radius 3 is 2.61 bits per heavy atom. The maximum absolute atomic E-state index is 13.6. The number of anilines is 3. The van der Waals surface area contributed by atoms with Gasteiger partial charge in [-0.2, -0.15) is 23.3 Å². The number of carbonyl (C=O) groups is 1. The van der Waals surface area contributed by atoms with Crippen LogP contribution >= 0.6 is 11.6 Å². The fourth-order valence-corrected chi connectivity index (χ4v) is 4.96. The van der Waals surface area contributed by atoms with Gasteiger partial charge < -0.3 is 20.3 Å². The Balaban J connectivity index is 1.37. The predicted octanol–water partition coefficient (Wildman–Crippen LogP) is 5.41. The monoisotopic (exact) mass is 588 g/mol. The summed E-state index contributed by atoms with van der Waals surface area (Å²) >= 11 is 5.79. The van der Waals surface area contributed by atoms with Gasteiger partial charge in [0.2, 0.25) is 5.95 Å². The Labute approximate surface area is 238 Å². The average molecular weight is 589 g/mol. The minimum absolute atomic E-state index is 0.357. The molecule has 0 aliphatic carbocycles. The number of amides is 2. The van der Waals surface area contributed by atoms with Crippen molar-refractivity contribution >= 4 is 46.0 Å². The molecule has 3 N–H and O–H groups in total. The summed E-state index contributed by atoms with van der Waals surface area (Å²) in [7, 11) is 1.92. The van der Waals surface area contributed by atoms with Gasteiger partial charge in [0.1, 0.15) is 0 Å². The topological polar surface area (TPSA) is 111 Å². The number of fused-ring (bicyclic) bond motifs is 1. The van der Waals surface area contributed by atoms with E-state index >= 15 is 0 Å². The summed E-state index contributed by atoms with van der Waals surface area (Å²) in [6.07, 6.45) is -3.08. The van der Waals surface area contributed by atoms with Crippen LogP contribution in [0.25, 0.3) is 22.3 Å². The van der Waals surface area contributed by atoms with Crippen LogP contribution in [0.4, 0.5) is 35.3 Å². The number of benzene rings is 2. The Morgan fingerprint density at radius 1 is 1.15 bits per heavy atom. The third kappa shape index (κ3) is 6.37. The molecule has 0 atom stereocenters. The Morgan fingerprint density at radius 2 is 1.85 bits per heavy atom. The second-order valence-corrected chi connectivity index (χ2v) is 10.0. The van der Waals surface area contributed by atoms with Crippen molar-refractivity contribution in [1.82, 2.24) is 25.1 Å². The summed E-state index contributed by atoms with van der Waals surface area (Å²) in [5.74, 6) is 0.522. The zero-order valence-electron chi connectivity index (χ0n) is 22.3. The van der Waals surface area contributed by atoms with Crippen LogP contribution in [0.3, 0.4) is 0 Å². The number of urea groups is 1. The normalized spacial score (nSPS) is 14.3. The summed E-state index contributed by atoms with van der Waals surface area (Å²) < 4.78 is 46.1. The fourth-order valence-electron chi connectivity index (χ4n) is 4.68. The number of nitrogens with one attached hydrogen (secondary N) is 3. The fraction of sp³-hybridized carbons (Fsp3) is 0.333. The molecule has 14 heteroatoms. The lowest BCUT2D eigenvalue weighted by atomic mass is 10.0. The summed E-state index contributed by atoms with van der Waals surface area (Å²) in [5, 5.41) is 12.4. The molecule has 3 heterocycles. The van der Waals surface area contributed by atoms with Crippen molar-refractivity contribution in [3.63, 3.8) is 0 Å². The van der Waals surface area contributed by atoms with Gasteiger partial charge in [-0.1, -0.05) is 29.8 Å². The number of ether oxygens (including phenoxy) is 1. The van der Waals surface area contributed by atoms with E-state index in [0.717, 1.165) is 57.1 Å². The summed E-state index contributed by atoms with van der Waals surface area (Å²) in [4.78, 5) is 26.3. The van der Waals surface area contributed by atoms with Gasteiger partial charge in [-0.05, 0) is 30.7 Å². The van der Waals surface area contributed by atoms with Crippen LogP contribution in [-0.4, -0.2) is 77.5 Å². The summed E-state index contributed by atoms with van der Waals surface area (Å²) in [6, 6.07) is 7.94. The molecule has 0 spiro atoms. The molecule has 5 rings (SSSR count). The van der Waals surface area contributed by atoms with Crippen LogP contribution < -0.4 is 15.5 Å². The van der Waals surface area contributed by atoms with Gasteiger partial charge in [0, 0.05) is 45.0 Å². The quantitative estimate of drug-likeness (QED) is 0.265. The van der Waals surface area contributed by atoms with Crippen LogP contribution in [0, 0.1) is 6.92 Å². The maximum atomic E-state index is 13.6. The highest BCUT2D eigenvalue weighted by atomic mass is 35.5. The molecule has 1 aliphatic heterocycles. The standard InChI is InChI=1S/C27H28ClF3N8O2/c1-16-5-3-7-19(33-26(40)34-20-8-4-6-18(28)22(20)27(29,30)31)21(16)23-17-15-32-25(35-24(17)37-36-23)38(2)9-10-39-11-13-41-14-12-39/h3-8,15H,9-14H2,1-2H3,(H2,33,34,40)(H,32,35,36,37). The van der Waals surface area contributed by atoms with E-state index in [1.807, 2.05) is 24.9 Å². The molecule has 0 unspecified atom stereocenters. The van der Waals surface area contributed by atoms with E-state index in [1.54, 1.807) is 18.3 Å². The first-order valence-electron chi connectivity index (χ1n) is 12.9. The highest BCUT2D eigenvalue weighted by Gasteiger charge is 2.36. The largest absolute Gasteiger partial charge is 0.419 e. The molecule has 4 aromatic rings. The molecule has 2 aromatic heterocycles. The van der Waals surface area contributed by atoms with Crippen LogP contribution in [0.5, 0.6) is 0 Å². The van der Waals surface area contributed by atoms with Crippen molar-refractivity contribution in [2.75, 3.05) is 62.0 Å². The number of hydrogen-bond donors (Lipinski definition) is 3. The van der Waals surface area contributed by atoms with Gasteiger partial charge in [0.25, 0.3) is 0 Å². The van der Waals surface area contributed by atoms with Crippen molar-refractivity contribution in [1.29, 1.82) is 0 Å². The van der Waals surface area contributed by atoms with E-state index < -0.39 is 28.5 Å². The van der Waals surface area contributed by atoms with Crippen LogP contribution in [-0.2, 0) is 10.9 Å². The van der Waals surface area contributed by atoms with Crippen molar-refractivity contribution in [2.45, 2.75) is 13.1 Å². The molecule has 1 fully saturated rings. The molecule has 0 radical (unpaired) electrons. The Kier molecular flexibility index (Phi) is 8.29. The number of alkyl halides is 3. The minimum atomic E-state index is -4.75. The van der Waals surface area contributed by atoms with Gasteiger partial charge in [0.15, 0.2) is 5.65 Å². The first-order chi connectivity index (χ1) is 19.6. The first-order valence-corrected chi connectivity index (χ1v) is 13.3. The van der Waals surface area contributed by atoms with Gasteiger partial charge >= 0.3 is 12.2 Å². The number of likely N-dealkylation sites (N-methyl/N-ethyl adjacent to an activating group) is 1. The molecular formula is C27H28ClF3N8O2. The van der Waals surface area contributed by atoms with Gasteiger partial charge in [-0.25, -0.2) is 9.78 Å². The number of hydrogen-bond acceptors (Lipinski definition) is 7. The number of aryl methyl sites for hydroxylation is 1. The molecule has 10 nitrogen and oxygen atoms in total. The smallest absolute Gasteiger partial charge is 0.379 e. The van der Waals surface area contributed by atoms with Gasteiger partial charge in [0.05, 0.1) is 46.3 Å². The molecule has 0 saturated carbocycles. The maximum Gasteiger partial charge on any atom is 0.419 e. The zero-order chi connectivity index (χ0) is 29.1. The number of nitrogens with zero attached hydrogens (tertiary/aromatic N) is 5. The van der Waals surface area contributed by atoms with E-state index in [4.69, 9.17) is 16.3 Å². The highest BCUT2D eigenvalue weighted by Crippen LogP contribution is 2.40. The molecule has 2 amide bonds. The summed E-state index contributed by atoms with van der Waals surface area (Å²) in [5.41, 5.74) is 1.18. The first kappa shape index (κ1) is 28.6. The van der Waals surface area contributed by atoms with E-state index in [2.05, 4.69) is 35.7 Å². The lowest BCUT2D eigenvalue weighted by Gasteiger charge is -2.28. The number of H-pyrrole nitrogens is 1. The molecule has 2 aromatic carbocycles. The SMILES string of the molecule is Cc1cccc(NC(=O)Nc2cccc(Cl)c2C(F)(F)F)c1-c1[nH]nc2nc(N(C)CCN3CCOCC3)ncc12. The second-order valence-electron chi connectivity index (χ2n) is 9.62. The molecule has 0 bridgehead atoms. The number of morpholine rings is 1. The van der Waals surface area contributed by atoms with Crippen LogP contribution in [0.15, 0.2) is 42.6 Å². The number of aromatic nitrogens is 4. The van der Waals surface area contributed by atoms with E-state index in [1.165, 1.54) is 6.07 Å². The zero-order valence-corrected chi connectivity index (χ0v) is 23.1.